The number of benzene rings is 3. The van der Waals surface area contributed by atoms with Gasteiger partial charge in [-0.25, -0.2) is 10.7 Å². The predicted molar refractivity (Wildman–Crippen MR) is 182 cm³/mol. The third-order valence-corrected chi connectivity index (χ3v) is 5.98. The van der Waals surface area contributed by atoms with E-state index in [9.17, 15) is 0 Å². The molecule has 0 aliphatic carbocycles. The van der Waals surface area contributed by atoms with Gasteiger partial charge in [0.25, 0.3) is 0 Å². The molecule has 228 valence electrons. The third-order valence-electron chi connectivity index (χ3n) is 5.98. The molecule has 1 atom stereocenters. The van der Waals surface area contributed by atoms with E-state index in [1.165, 1.54) is 41.1 Å². The summed E-state index contributed by atoms with van der Waals surface area (Å²) < 4.78 is 0. The van der Waals surface area contributed by atoms with Crippen LogP contribution >= 0.6 is 0 Å². The van der Waals surface area contributed by atoms with Crippen molar-refractivity contribution in [2.24, 2.45) is 21.8 Å². The van der Waals surface area contributed by atoms with Crippen molar-refractivity contribution in [1.29, 1.82) is 5.41 Å². The van der Waals surface area contributed by atoms with Gasteiger partial charge in [-0.3, -0.25) is 11.3 Å². The van der Waals surface area contributed by atoms with Crippen LogP contribution in [0.1, 0.15) is 72.1 Å². The number of rotatable bonds is 13. The van der Waals surface area contributed by atoms with Crippen molar-refractivity contribution in [2.45, 2.75) is 46.5 Å². The molecule has 0 radical (unpaired) electrons. The maximum absolute atomic E-state index is 7.73. The topological polar surface area (TPSA) is 140 Å². The van der Waals surface area contributed by atoms with Crippen LogP contribution in [-0.4, -0.2) is 44.4 Å². The van der Waals surface area contributed by atoms with E-state index in [-0.39, 0.29) is 5.92 Å². The van der Waals surface area contributed by atoms with Crippen LogP contribution in [0.25, 0.3) is 0 Å². The molecule has 0 fully saturated rings. The molecule has 3 aromatic carbocycles. The van der Waals surface area contributed by atoms with Crippen molar-refractivity contribution in [3.8, 4) is 0 Å². The number of nitrogens with one attached hydrogen (secondary N) is 4. The normalized spacial score (nSPS) is 10.5. The van der Waals surface area contributed by atoms with Crippen LogP contribution in [-0.2, 0) is 6.42 Å². The summed E-state index contributed by atoms with van der Waals surface area (Å²) in [5.41, 5.74) is 20.5. The molecule has 0 heterocycles. The number of nitrogens with zero attached hydrogens (tertiary/aromatic N) is 3. The van der Waals surface area contributed by atoms with Crippen LogP contribution in [0.4, 0.5) is 0 Å². The SMILES string of the molecule is C=C.C=NNNN(CC)/N=C/c1ccc(C)c(C(c2ccc(CCC)cc2)c2cccc(C=N)c2)c1.CCNN.CN. The zero-order valence-electron chi connectivity index (χ0n) is 26.0. The van der Waals surface area contributed by atoms with E-state index in [1.54, 1.807) is 5.12 Å². The van der Waals surface area contributed by atoms with Crippen LogP contribution < -0.4 is 28.1 Å². The smallest absolute Gasteiger partial charge is 0.0559 e. The first kappa shape index (κ1) is 37.9. The summed E-state index contributed by atoms with van der Waals surface area (Å²) in [5.74, 6) is 4.83. The molecule has 42 heavy (non-hydrogen) atoms. The minimum atomic E-state index is 0.0518. The Morgan fingerprint density at radius 1 is 0.952 bits per heavy atom. The van der Waals surface area contributed by atoms with E-state index in [0.717, 1.165) is 30.5 Å². The number of aryl methyl sites for hydroxylation is 2. The Morgan fingerprint density at radius 2 is 1.62 bits per heavy atom. The molecule has 1 unspecified atom stereocenters. The van der Waals surface area contributed by atoms with Crippen molar-refractivity contribution in [1.82, 2.24) is 21.6 Å². The van der Waals surface area contributed by atoms with Gasteiger partial charge in [-0.15, -0.1) is 18.7 Å². The average molecular weight is 574 g/mol. The Bertz CT molecular complexity index is 1170. The van der Waals surface area contributed by atoms with Gasteiger partial charge in [-0.2, -0.15) is 10.2 Å². The minimum absolute atomic E-state index is 0.0518. The van der Waals surface area contributed by atoms with Gasteiger partial charge in [0.15, 0.2) is 0 Å². The summed E-state index contributed by atoms with van der Waals surface area (Å²) in [6, 6.07) is 23.6. The first-order valence-corrected chi connectivity index (χ1v) is 14.1. The lowest BCUT2D eigenvalue weighted by Crippen LogP contribution is -2.41. The molecule has 9 nitrogen and oxygen atoms in total. The average Bonchev–Trinajstić information content (AvgIpc) is 3.05. The summed E-state index contributed by atoms with van der Waals surface area (Å²) in [6.07, 6.45) is 5.45. The standard InChI is InChI=1S/C28H34N6.C2H8N2.C2H4.CH5N/c1-5-8-22-13-15-25(16-14-22)28(26-10-7-9-23(17-26)19-29)27-18-24(12-11-21(27)3)20-31-34(6-2)33-32-30-4;1-2-4-3;2*1-2/h7,9-20,28-29,32-33H,4-6,8H2,1-3H3;4H,2-3H2,1H3;1-2H2;2H2,1H3/b29-19?,31-20+;;;. The fraction of sp³-hybridized carbons (Fsp3) is 0.303. The summed E-state index contributed by atoms with van der Waals surface area (Å²) in [6.45, 7) is 19.2. The Kier molecular flexibility index (Phi) is 21.2. The number of hydrazine groups is 3. The maximum Gasteiger partial charge on any atom is 0.0559 e. The van der Waals surface area contributed by atoms with E-state index in [1.807, 2.05) is 32.2 Å². The van der Waals surface area contributed by atoms with E-state index >= 15 is 0 Å². The number of hydrazone groups is 2. The first-order chi connectivity index (χ1) is 20.5. The van der Waals surface area contributed by atoms with E-state index in [4.69, 9.17) is 11.3 Å². The molecule has 0 saturated carbocycles. The molecule has 9 heteroatoms. The van der Waals surface area contributed by atoms with Gasteiger partial charge in [-0.1, -0.05) is 74.9 Å². The van der Waals surface area contributed by atoms with Crippen LogP contribution in [0.3, 0.4) is 0 Å². The quantitative estimate of drug-likeness (QED) is 0.0542. The van der Waals surface area contributed by atoms with E-state index < -0.39 is 0 Å². The highest BCUT2D eigenvalue weighted by Gasteiger charge is 2.19. The highest BCUT2D eigenvalue weighted by atomic mass is 15.8. The van der Waals surface area contributed by atoms with Crippen LogP contribution in [0.5, 0.6) is 0 Å². The summed E-state index contributed by atoms with van der Waals surface area (Å²) in [4.78, 5) is 0. The molecule has 0 amide bonds. The monoisotopic (exact) mass is 573 g/mol. The van der Waals surface area contributed by atoms with Gasteiger partial charge < -0.3 is 11.1 Å². The minimum Gasteiger partial charge on any atom is -0.333 e. The van der Waals surface area contributed by atoms with E-state index in [2.05, 4.69) is 121 Å². The lowest BCUT2D eigenvalue weighted by atomic mass is 9.81. The van der Waals surface area contributed by atoms with Crippen molar-refractivity contribution < 1.29 is 0 Å². The van der Waals surface area contributed by atoms with Gasteiger partial charge >= 0.3 is 0 Å². The van der Waals surface area contributed by atoms with Gasteiger partial charge in [0.05, 0.1) is 12.8 Å². The van der Waals surface area contributed by atoms with Crippen molar-refractivity contribution in [3.05, 3.63) is 119 Å². The molecule has 3 aromatic rings. The number of hydrogen-bond acceptors (Lipinski definition) is 9. The second kappa shape index (κ2) is 23.5. The van der Waals surface area contributed by atoms with Gasteiger partial charge in [-0.05, 0) is 78.4 Å². The summed E-state index contributed by atoms with van der Waals surface area (Å²) in [7, 11) is 1.50. The molecule has 0 aliphatic heterocycles. The van der Waals surface area contributed by atoms with Crippen molar-refractivity contribution >= 4 is 19.1 Å². The highest BCUT2D eigenvalue weighted by molar-refractivity contribution is 5.80. The number of nitrogens with two attached hydrogens (primary N) is 2. The van der Waals surface area contributed by atoms with E-state index in [0.29, 0.717) is 6.54 Å². The van der Waals surface area contributed by atoms with Crippen LogP contribution in [0, 0.1) is 12.3 Å². The van der Waals surface area contributed by atoms with Gasteiger partial charge in [0.1, 0.15) is 0 Å². The van der Waals surface area contributed by atoms with Crippen LogP contribution in [0.15, 0.2) is 90.1 Å². The number of hydrogen-bond donors (Lipinski definition) is 6. The van der Waals surface area contributed by atoms with Gasteiger partial charge in [0, 0.05) is 25.4 Å². The van der Waals surface area contributed by atoms with Crippen LogP contribution in [0.2, 0.25) is 0 Å². The van der Waals surface area contributed by atoms with Gasteiger partial charge in [0.2, 0.25) is 0 Å². The molecule has 8 N–H and O–H groups in total. The zero-order chi connectivity index (χ0) is 31.8. The molecule has 3 rings (SSSR count). The second-order valence-corrected chi connectivity index (χ2v) is 8.75. The largest absolute Gasteiger partial charge is 0.333 e. The molecule has 0 bridgehead atoms. The fourth-order valence-electron chi connectivity index (χ4n) is 4.01. The highest BCUT2D eigenvalue weighted by Crippen LogP contribution is 2.35. The Hall–Kier alpha value is -4.15. The molecule has 0 aliphatic rings. The summed E-state index contributed by atoms with van der Waals surface area (Å²) in [5, 5.41) is 17.5. The molecular formula is C33H51N9. The predicted octanol–water partition coefficient (Wildman–Crippen LogP) is 5.25. The lowest BCUT2D eigenvalue weighted by Gasteiger charge is -2.22. The molecule has 0 aromatic heterocycles. The Labute approximate surface area is 253 Å². The second-order valence-electron chi connectivity index (χ2n) is 8.75. The first-order valence-electron chi connectivity index (χ1n) is 14.1. The Balaban J connectivity index is 0.00000190. The third kappa shape index (κ3) is 13.0. The van der Waals surface area contributed by atoms with Crippen molar-refractivity contribution in [2.75, 3.05) is 20.1 Å². The fourth-order valence-corrected chi connectivity index (χ4v) is 4.01. The molecule has 0 saturated heterocycles. The zero-order valence-corrected chi connectivity index (χ0v) is 26.0. The van der Waals surface area contributed by atoms with Crippen molar-refractivity contribution in [3.63, 3.8) is 0 Å². The summed E-state index contributed by atoms with van der Waals surface area (Å²) >= 11 is 0. The lowest BCUT2D eigenvalue weighted by molar-refractivity contribution is 0.171. The Morgan fingerprint density at radius 3 is 2.17 bits per heavy atom. The molecule has 0 spiro atoms. The molecular weight excluding hydrogens is 522 g/mol. The maximum atomic E-state index is 7.73.